The summed E-state index contributed by atoms with van der Waals surface area (Å²) >= 11 is 6.37. The Hall–Kier alpha value is -3.01. The summed E-state index contributed by atoms with van der Waals surface area (Å²) < 4.78 is 45.1. The summed E-state index contributed by atoms with van der Waals surface area (Å²) in [4.78, 5) is 14.1. The molecule has 2 aromatic rings. The van der Waals surface area contributed by atoms with Gasteiger partial charge in [0.1, 0.15) is 17.0 Å². The van der Waals surface area contributed by atoms with Crippen LogP contribution < -0.4 is 21.1 Å². The van der Waals surface area contributed by atoms with Crippen LogP contribution in [0.2, 0.25) is 5.02 Å². The number of pyridine rings is 1. The summed E-state index contributed by atoms with van der Waals surface area (Å²) in [5.74, 6) is -0.243. The van der Waals surface area contributed by atoms with Gasteiger partial charge in [-0.3, -0.25) is 4.90 Å². The number of rotatable bonds is 3. The molecule has 2 heterocycles. The first-order chi connectivity index (χ1) is 14.7. The fourth-order valence-electron chi connectivity index (χ4n) is 4.00. The van der Waals surface area contributed by atoms with E-state index in [4.69, 9.17) is 27.8 Å². The van der Waals surface area contributed by atoms with E-state index in [0.717, 1.165) is 38.2 Å². The predicted octanol–water partition coefficient (Wildman–Crippen LogP) is 4.66. The summed E-state index contributed by atoms with van der Waals surface area (Å²) in [6.45, 7) is 0. The Balaban J connectivity index is 1.68. The van der Waals surface area contributed by atoms with Crippen molar-refractivity contribution < 1.29 is 17.9 Å². The SMILES string of the molecule is NC1=NC2(CCCCC2)N(c2ccc(Oc3ncccc3C(F)(F)F)c(Cl)c2)C(N)=N1. The first kappa shape index (κ1) is 21.2. The van der Waals surface area contributed by atoms with E-state index in [0.29, 0.717) is 5.69 Å². The third kappa shape index (κ3) is 4.12. The maximum atomic E-state index is 13.2. The van der Waals surface area contributed by atoms with Crippen molar-refractivity contribution in [3.63, 3.8) is 0 Å². The zero-order valence-corrected chi connectivity index (χ0v) is 17.1. The quantitative estimate of drug-likeness (QED) is 0.705. The van der Waals surface area contributed by atoms with Crippen molar-refractivity contribution in [3.8, 4) is 11.6 Å². The molecule has 1 aliphatic heterocycles. The summed E-state index contributed by atoms with van der Waals surface area (Å²) in [7, 11) is 0. The van der Waals surface area contributed by atoms with E-state index in [9.17, 15) is 13.2 Å². The van der Waals surface area contributed by atoms with Gasteiger partial charge in [0.05, 0.1) is 5.02 Å². The van der Waals surface area contributed by atoms with E-state index >= 15 is 0 Å². The van der Waals surface area contributed by atoms with Gasteiger partial charge in [0.15, 0.2) is 0 Å². The van der Waals surface area contributed by atoms with E-state index in [1.165, 1.54) is 18.3 Å². The number of anilines is 1. The minimum absolute atomic E-state index is 0.0304. The van der Waals surface area contributed by atoms with E-state index in [1.54, 1.807) is 17.0 Å². The molecule has 0 radical (unpaired) electrons. The fourth-order valence-corrected chi connectivity index (χ4v) is 4.21. The standard InChI is InChI=1S/C20H20ClF3N6O/c21-14-11-12(30-18(26)28-17(25)29-19(30)8-2-1-3-9-19)6-7-15(14)31-16-13(20(22,23)24)5-4-10-27-16/h4-7,10-11H,1-3,8-9H2,(H4,25,26,28,29). The maximum Gasteiger partial charge on any atom is 0.421 e. The second-order valence-corrected chi connectivity index (χ2v) is 7.80. The van der Waals surface area contributed by atoms with Crippen molar-refractivity contribution in [2.24, 2.45) is 21.5 Å². The zero-order valence-electron chi connectivity index (χ0n) is 16.4. The van der Waals surface area contributed by atoms with Crippen molar-refractivity contribution in [2.45, 2.75) is 43.9 Å². The second-order valence-electron chi connectivity index (χ2n) is 7.39. The van der Waals surface area contributed by atoms with Crippen molar-refractivity contribution in [2.75, 3.05) is 4.90 Å². The largest absolute Gasteiger partial charge is 0.437 e. The average Bonchev–Trinajstić information content (AvgIpc) is 2.69. The van der Waals surface area contributed by atoms with Crippen LogP contribution in [0.25, 0.3) is 0 Å². The van der Waals surface area contributed by atoms with Gasteiger partial charge in [-0.1, -0.05) is 18.0 Å². The van der Waals surface area contributed by atoms with Crippen molar-refractivity contribution in [1.82, 2.24) is 4.98 Å². The number of halogens is 4. The lowest BCUT2D eigenvalue weighted by Gasteiger charge is -2.45. The van der Waals surface area contributed by atoms with Crippen LogP contribution in [-0.2, 0) is 6.18 Å². The molecule has 164 valence electrons. The average molecular weight is 453 g/mol. The number of benzene rings is 1. The van der Waals surface area contributed by atoms with E-state index < -0.39 is 23.3 Å². The van der Waals surface area contributed by atoms with Gasteiger partial charge in [-0.05, 0) is 56.0 Å². The third-order valence-electron chi connectivity index (χ3n) is 5.31. The predicted molar refractivity (Wildman–Crippen MR) is 112 cm³/mol. The van der Waals surface area contributed by atoms with Crippen molar-refractivity contribution in [3.05, 3.63) is 47.1 Å². The molecule has 0 unspecified atom stereocenters. The van der Waals surface area contributed by atoms with Gasteiger partial charge in [0.2, 0.25) is 17.8 Å². The lowest BCUT2D eigenvalue weighted by molar-refractivity contribution is -0.138. The van der Waals surface area contributed by atoms with Gasteiger partial charge in [-0.2, -0.15) is 18.2 Å². The van der Waals surface area contributed by atoms with Gasteiger partial charge in [-0.15, -0.1) is 0 Å². The number of nitrogens with two attached hydrogens (primary N) is 2. The summed E-state index contributed by atoms with van der Waals surface area (Å²) in [6.07, 6.45) is 1.07. The highest BCUT2D eigenvalue weighted by Crippen LogP contribution is 2.42. The van der Waals surface area contributed by atoms with Gasteiger partial charge >= 0.3 is 6.18 Å². The van der Waals surface area contributed by atoms with Gasteiger partial charge in [0, 0.05) is 11.9 Å². The van der Waals surface area contributed by atoms with Crippen LogP contribution in [0.4, 0.5) is 18.9 Å². The van der Waals surface area contributed by atoms with Crippen LogP contribution >= 0.6 is 11.6 Å². The molecule has 31 heavy (non-hydrogen) atoms. The highest BCUT2D eigenvalue weighted by atomic mass is 35.5. The number of nitrogens with zero attached hydrogens (tertiary/aromatic N) is 4. The Bertz CT molecular complexity index is 1050. The first-order valence-electron chi connectivity index (χ1n) is 9.69. The van der Waals surface area contributed by atoms with Gasteiger partial charge in [-0.25, -0.2) is 9.98 Å². The molecule has 1 aromatic carbocycles. The molecule has 1 aromatic heterocycles. The molecule has 2 aliphatic rings. The summed E-state index contributed by atoms with van der Waals surface area (Å²) in [5.41, 5.74) is 11.0. The lowest BCUT2D eigenvalue weighted by Crippen LogP contribution is -2.58. The number of hydrogen-bond acceptors (Lipinski definition) is 7. The molecule has 1 fully saturated rings. The zero-order chi connectivity index (χ0) is 22.2. The highest BCUT2D eigenvalue weighted by molar-refractivity contribution is 6.32. The normalized spacial score (nSPS) is 18.5. The maximum absolute atomic E-state index is 13.2. The van der Waals surface area contributed by atoms with E-state index in [2.05, 4.69) is 15.0 Å². The molecule has 1 aliphatic carbocycles. The molecule has 11 heteroatoms. The Morgan fingerprint density at radius 2 is 1.84 bits per heavy atom. The summed E-state index contributed by atoms with van der Waals surface area (Å²) in [6, 6.07) is 6.76. The monoisotopic (exact) mass is 452 g/mol. The minimum Gasteiger partial charge on any atom is -0.437 e. The van der Waals surface area contributed by atoms with Crippen LogP contribution in [0.15, 0.2) is 46.5 Å². The minimum atomic E-state index is -4.61. The number of alkyl halides is 3. The van der Waals surface area contributed by atoms with E-state index in [-0.39, 0.29) is 22.7 Å². The van der Waals surface area contributed by atoms with Gasteiger partial charge < -0.3 is 16.2 Å². The van der Waals surface area contributed by atoms with Crippen molar-refractivity contribution in [1.29, 1.82) is 0 Å². The molecular weight excluding hydrogens is 433 g/mol. The summed E-state index contributed by atoms with van der Waals surface area (Å²) in [5, 5.41) is 0.0950. The second kappa shape index (κ2) is 7.92. The molecule has 0 amide bonds. The molecule has 4 rings (SSSR count). The topological polar surface area (TPSA) is 102 Å². The smallest absolute Gasteiger partial charge is 0.421 e. The molecule has 1 saturated carbocycles. The fraction of sp³-hybridized carbons (Fsp3) is 0.350. The number of guanidine groups is 2. The number of ether oxygens (including phenoxy) is 1. The lowest BCUT2D eigenvalue weighted by atomic mass is 9.87. The van der Waals surface area contributed by atoms with Gasteiger partial charge in [0.25, 0.3) is 0 Å². The van der Waals surface area contributed by atoms with Crippen LogP contribution in [0.3, 0.4) is 0 Å². The Morgan fingerprint density at radius 3 is 2.52 bits per heavy atom. The number of aromatic nitrogens is 1. The molecular formula is C20H20ClF3N6O. The molecule has 0 bridgehead atoms. The first-order valence-corrected chi connectivity index (χ1v) is 10.1. The number of hydrogen-bond donors (Lipinski definition) is 2. The molecule has 1 spiro atoms. The number of aliphatic imine (C=N–C) groups is 2. The Morgan fingerprint density at radius 1 is 1.10 bits per heavy atom. The molecule has 4 N–H and O–H groups in total. The van der Waals surface area contributed by atoms with Crippen LogP contribution in [0, 0.1) is 0 Å². The van der Waals surface area contributed by atoms with Crippen LogP contribution in [0.5, 0.6) is 11.6 Å². The molecule has 0 atom stereocenters. The third-order valence-corrected chi connectivity index (χ3v) is 5.60. The highest BCUT2D eigenvalue weighted by Gasteiger charge is 2.42. The molecule has 7 nitrogen and oxygen atoms in total. The Kier molecular flexibility index (Phi) is 5.42. The van der Waals surface area contributed by atoms with E-state index in [1.807, 2.05) is 0 Å². The van der Waals surface area contributed by atoms with Crippen LogP contribution in [0.1, 0.15) is 37.7 Å². The van der Waals surface area contributed by atoms with Crippen LogP contribution in [-0.4, -0.2) is 22.6 Å². The Labute approximate surface area is 181 Å². The van der Waals surface area contributed by atoms with Crippen molar-refractivity contribution >= 4 is 29.2 Å². The molecule has 0 saturated heterocycles.